The standard InChI is InChI=1S/C24H21NO4S2/c25-16-17-4-3-5-20(14-17)18-6-8-19(9-7-18)21-10-11-22(30-21)24(15-23(26)27)12-1-2-13-31(24,28)29/h3-11,14H,1-2,12-13,15H2,(H,26,27)/t24-/m0/s1. The Balaban J connectivity index is 1.68. The molecule has 0 radical (unpaired) electrons. The molecular formula is C24H21NO4S2. The zero-order valence-electron chi connectivity index (χ0n) is 16.7. The van der Waals surface area contributed by atoms with Crippen LogP contribution >= 0.6 is 11.3 Å². The number of carboxylic acids is 1. The Hall–Kier alpha value is -2.95. The lowest BCUT2D eigenvalue weighted by Crippen LogP contribution is -2.41. The molecule has 1 N–H and O–H groups in total. The molecule has 158 valence electrons. The Morgan fingerprint density at radius 3 is 2.45 bits per heavy atom. The molecule has 1 atom stereocenters. The SMILES string of the molecule is N#Cc1cccc(-c2ccc(-c3ccc([C@@]4(CC(=O)O)CCCCS4(=O)=O)s3)cc2)c1. The van der Waals surface area contributed by atoms with Gasteiger partial charge in [0.2, 0.25) is 0 Å². The fraction of sp³-hybridized carbons (Fsp3) is 0.250. The topological polar surface area (TPSA) is 95.2 Å². The normalized spacial score (nSPS) is 20.1. The van der Waals surface area contributed by atoms with Crippen LogP contribution in [0.4, 0.5) is 0 Å². The first-order chi connectivity index (χ1) is 14.8. The average Bonchev–Trinajstić information content (AvgIpc) is 3.26. The molecule has 0 bridgehead atoms. The van der Waals surface area contributed by atoms with Gasteiger partial charge in [0.05, 0.1) is 23.8 Å². The maximum atomic E-state index is 13.0. The van der Waals surface area contributed by atoms with Crippen molar-refractivity contribution in [1.82, 2.24) is 0 Å². The predicted octanol–water partition coefficient (Wildman–Crippen LogP) is 5.22. The molecule has 3 aromatic rings. The van der Waals surface area contributed by atoms with Crippen LogP contribution in [-0.2, 0) is 19.4 Å². The number of hydrogen-bond acceptors (Lipinski definition) is 5. The van der Waals surface area contributed by atoms with Gasteiger partial charge in [-0.15, -0.1) is 11.3 Å². The van der Waals surface area contributed by atoms with Crippen molar-refractivity contribution in [2.45, 2.75) is 30.4 Å². The molecule has 0 saturated carbocycles. The second-order valence-corrected chi connectivity index (χ2v) is 11.3. The third-order valence-corrected chi connectivity index (χ3v) is 9.88. The van der Waals surface area contributed by atoms with Crippen molar-refractivity contribution in [1.29, 1.82) is 5.26 Å². The van der Waals surface area contributed by atoms with Gasteiger partial charge >= 0.3 is 5.97 Å². The number of benzene rings is 2. The maximum absolute atomic E-state index is 13.0. The Morgan fingerprint density at radius 2 is 1.77 bits per heavy atom. The van der Waals surface area contributed by atoms with Crippen molar-refractivity contribution in [3.63, 3.8) is 0 Å². The van der Waals surface area contributed by atoms with Crippen molar-refractivity contribution < 1.29 is 18.3 Å². The largest absolute Gasteiger partial charge is 0.481 e. The lowest BCUT2D eigenvalue weighted by atomic mass is 9.95. The van der Waals surface area contributed by atoms with Crippen LogP contribution in [-0.4, -0.2) is 25.2 Å². The Morgan fingerprint density at radius 1 is 1.03 bits per heavy atom. The Kier molecular flexibility index (Phi) is 5.69. The van der Waals surface area contributed by atoms with Crippen molar-refractivity contribution >= 4 is 27.1 Å². The molecule has 7 heteroatoms. The van der Waals surface area contributed by atoms with Gasteiger partial charge in [0.15, 0.2) is 9.84 Å². The van der Waals surface area contributed by atoms with Crippen LogP contribution in [0.3, 0.4) is 0 Å². The van der Waals surface area contributed by atoms with Gasteiger partial charge < -0.3 is 5.11 Å². The molecule has 1 saturated heterocycles. The van der Waals surface area contributed by atoms with E-state index in [1.54, 1.807) is 12.1 Å². The van der Waals surface area contributed by atoms with E-state index in [4.69, 9.17) is 5.26 Å². The van der Waals surface area contributed by atoms with Gasteiger partial charge in [0.1, 0.15) is 4.75 Å². The fourth-order valence-corrected chi connectivity index (χ4v) is 7.97. The fourth-order valence-electron chi connectivity index (χ4n) is 4.19. The molecule has 0 spiro atoms. The van der Waals surface area contributed by atoms with Crippen LogP contribution in [0.25, 0.3) is 21.6 Å². The zero-order chi connectivity index (χ0) is 22.1. The minimum Gasteiger partial charge on any atom is -0.481 e. The maximum Gasteiger partial charge on any atom is 0.305 e. The van der Waals surface area contributed by atoms with Gasteiger partial charge in [0.25, 0.3) is 0 Å². The van der Waals surface area contributed by atoms with E-state index in [9.17, 15) is 18.3 Å². The Bertz CT molecular complexity index is 1270. The zero-order valence-corrected chi connectivity index (χ0v) is 18.4. The van der Waals surface area contributed by atoms with Gasteiger partial charge in [-0.3, -0.25) is 4.79 Å². The van der Waals surface area contributed by atoms with Crippen LogP contribution in [0.2, 0.25) is 0 Å². The minimum absolute atomic E-state index is 0.0317. The lowest BCUT2D eigenvalue weighted by molar-refractivity contribution is -0.137. The van der Waals surface area contributed by atoms with Crippen molar-refractivity contribution in [2.75, 3.05) is 5.75 Å². The van der Waals surface area contributed by atoms with Crippen LogP contribution in [0.15, 0.2) is 60.7 Å². The number of carboxylic acid groups (broad SMARTS) is 1. The summed E-state index contributed by atoms with van der Waals surface area (Å²) in [5, 5.41) is 18.5. The number of carbonyl (C=O) groups is 1. The highest BCUT2D eigenvalue weighted by atomic mass is 32.2. The number of thiophene rings is 1. The molecule has 2 heterocycles. The molecule has 1 aliphatic heterocycles. The molecule has 2 aromatic carbocycles. The van der Waals surface area contributed by atoms with Crippen LogP contribution in [0.5, 0.6) is 0 Å². The van der Waals surface area contributed by atoms with E-state index in [0.717, 1.165) is 21.6 Å². The molecule has 5 nitrogen and oxygen atoms in total. The highest BCUT2D eigenvalue weighted by molar-refractivity contribution is 7.92. The first-order valence-corrected chi connectivity index (χ1v) is 12.5. The number of aliphatic carboxylic acids is 1. The first kappa shape index (κ1) is 21.3. The van der Waals surface area contributed by atoms with E-state index in [1.165, 1.54) is 11.3 Å². The van der Waals surface area contributed by atoms with Crippen LogP contribution < -0.4 is 0 Å². The third-order valence-electron chi connectivity index (χ3n) is 5.83. The molecule has 1 fully saturated rings. The summed E-state index contributed by atoms with van der Waals surface area (Å²) in [7, 11) is -3.55. The summed E-state index contributed by atoms with van der Waals surface area (Å²) >= 11 is 1.36. The van der Waals surface area contributed by atoms with Crippen LogP contribution in [0.1, 0.15) is 36.1 Å². The van der Waals surface area contributed by atoms with Gasteiger partial charge in [-0.2, -0.15) is 5.26 Å². The second-order valence-electron chi connectivity index (χ2n) is 7.77. The van der Waals surface area contributed by atoms with E-state index >= 15 is 0 Å². The average molecular weight is 452 g/mol. The molecule has 31 heavy (non-hydrogen) atoms. The van der Waals surface area contributed by atoms with E-state index < -0.39 is 27.0 Å². The molecular weight excluding hydrogens is 430 g/mol. The van der Waals surface area contributed by atoms with Crippen molar-refractivity contribution in [3.05, 3.63) is 71.1 Å². The van der Waals surface area contributed by atoms with E-state index in [2.05, 4.69) is 6.07 Å². The van der Waals surface area contributed by atoms with Crippen LogP contribution in [0, 0.1) is 11.3 Å². The van der Waals surface area contributed by atoms with E-state index in [0.29, 0.717) is 29.7 Å². The smallest absolute Gasteiger partial charge is 0.305 e. The van der Waals surface area contributed by atoms with E-state index in [-0.39, 0.29) is 5.75 Å². The summed E-state index contributed by atoms with van der Waals surface area (Å²) in [6, 6.07) is 21.0. The van der Waals surface area contributed by atoms with E-state index in [1.807, 2.05) is 48.5 Å². The number of rotatable bonds is 5. The molecule has 1 aromatic heterocycles. The summed E-state index contributed by atoms with van der Waals surface area (Å²) < 4.78 is 24.6. The summed E-state index contributed by atoms with van der Waals surface area (Å²) in [6.45, 7) is 0. The number of hydrogen-bond donors (Lipinski definition) is 1. The van der Waals surface area contributed by atoms with Gasteiger partial charge in [-0.05, 0) is 53.8 Å². The summed E-state index contributed by atoms with van der Waals surface area (Å²) in [5.74, 6) is -1.06. The summed E-state index contributed by atoms with van der Waals surface area (Å²) in [4.78, 5) is 13.1. The number of nitriles is 1. The molecule has 4 rings (SSSR count). The van der Waals surface area contributed by atoms with Gasteiger partial charge in [0, 0.05) is 9.75 Å². The number of sulfone groups is 1. The highest BCUT2D eigenvalue weighted by Crippen LogP contribution is 2.47. The minimum atomic E-state index is -3.55. The summed E-state index contributed by atoms with van der Waals surface area (Å²) in [5.41, 5.74) is 3.47. The molecule has 1 aliphatic rings. The molecule has 0 amide bonds. The van der Waals surface area contributed by atoms with Crippen molar-refractivity contribution in [3.8, 4) is 27.6 Å². The third kappa shape index (κ3) is 4.01. The van der Waals surface area contributed by atoms with Gasteiger partial charge in [-0.25, -0.2) is 8.42 Å². The first-order valence-electron chi connectivity index (χ1n) is 10.00. The predicted molar refractivity (Wildman–Crippen MR) is 121 cm³/mol. The highest BCUT2D eigenvalue weighted by Gasteiger charge is 2.49. The van der Waals surface area contributed by atoms with Gasteiger partial charge in [-0.1, -0.05) is 42.8 Å². The summed E-state index contributed by atoms with van der Waals surface area (Å²) in [6.07, 6.45) is 1.23. The molecule has 0 aliphatic carbocycles. The monoisotopic (exact) mass is 451 g/mol. The lowest BCUT2D eigenvalue weighted by Gasteiger charge is -2.34. The molecule has 0 unspecified atom stereocenters. The second kappa shape index (κ2) is 8.29. The Labute approximate surface area is 185 Å². The number of nitrogens with zero attached hydrogens (tertiary/aromatic N) is 1. The quantitative estimate of drug-likeness (QED) is 0.574. The van der Waals surface area contributed by atoms with Crippen molar-refractivity contribution in [2.24, 2.45) is 0 Å².